The number of hydrogen-bond donors (Lipinski definition) is 3. The van der Waals surface area contributed by atoms with Crippen molar-refractivity contribution in [1.82, 2.24) is 4.72 Å². The van der Waals surface area contributed by atoms with Crippen molar-refractivity contribution in [1.29, 1.82) is 5.41 Å². The summed E-state index contributed by atoms with van der Waals surface area (Å²) in [5.41, 5.74) is 4.44. The molecule has 0 aromatic carbocycles. The molecule has 0 saturated heterocycles. The maximum absolute atomic E-state index is 11.8. The van der Waals surface area contributed by atoms with Crippen LogP contribution in [0, 0.1) is 11.3 Å². The predicted molar refractivity (Wildman–Crippen MR) is 67.0 cm³/mol. The van der Waals surface area contributed by atoms with Gasteiger partial charge in [-0.05, 0) is 25.7 Å². The van der Waals surface area contributed by atoms with Gasteiger partial charge in [0.05, 0.1) is 11.3 Å². The topological polar surface area (TPSA) is 96.0 Å². The van der Waals surface area contributed by atoms with Crippen LogP contribution < -0.4 is 10.5 Å². The number of rotatable bonds is 7. The SMILES string of the molecule is CCC(C)(NS(=O)(=O)CCC(C)C)C(=N)N. The highest BCUT2D eigenvalue weighted by molar-refractivity contribution is 7.89. The summed E-state index contributed by atoms with van der Waals surface area (Å²) in [7, 11) is -3.36. The molecule has 4 N–H and O–H groups in total. The van der Waals surface area contributed by atoms with Gasteiger partial charge >= 0.3 is 0 Å². The van der Waals surface area contributed by atoms with Crippen LogP contribution in [-0.2, 0) is 10.0 Å². The molecule has 96 valence electrons. The van der Waals surface area contributed by atoms with Crippen LogP contribution in [0.1, 0.15) is 40.5 Å². The molecule has 0 spiro atoms. The summed E-state index contributed by atoms with van der Waals surface area (Å²) >= 11 is 0. The predicted octanol–water partition coefficient (Wildman–Crippen LogP) is 1.06. The van der Waals surface area contributed by atoms with Crippen LogP contribution in [0.15, 0.2) is 0 Å². The summed E-state index contributed by atoms with van der Waals surface area (Å²) < 4.78 is 26.0. The van der Waals surface area contributed by atoms with Gasteiger partial charge < -0.3 is 5.73 Å². The van der Waals surface area contributed by atoms with E-state index in [1.165, 1.54) is 0 Å². The fraction of sp³-hybridized carbons (Fsp3) is 0.900. The standard InChI is InChI=1S/C10H23N3O2S/c1-5-10(4,9(11)12)13-16(14,15)7-6-8(2)3/h8,13H,5-7H2,1-4H3,(H3,11,12). The van der Waals surface area contributed by atoms with Crippen molar-refractivity contribution in [3.05, 3.63) is 0 Å². The molecule has 1 atom stereocenters. The number of hydrogen-bond acceptors (Lipinski definition) is 3. The van der Waals surface area contributed by atoms with Crippen molar-refractivity contribution in [2.75, 3.05) is 5.75 Å². The Morgan fingerprint density at radius 3 is 2.31 bits per heavy atom. The summed E-state index contributed by atoms with van der Waals surface area (Å²) in [6.07, 6.45) is 1.07. The van der Waals surface area contributed by atoms with Crippen molar-refractivity contribution in [3.63, 3.8) is 0 Å². The maximum Gasteiger partial charge on any atom is 0.212 e. The average molecular weight is 249 g/mol. The fourth-order valence-electron chi connectivity index (χ4n) is 1.10. The Kier molecular flexibility index (Phi) is 5.41. The Balaban J connectivity index is 4.63. The van der Waals surface area contributed by atoms with Gasteiger partial charge in [0, 0.05) is 0 Å². The minimum Gasteiger partial charge on any atom is -0.386 e. The lowest BCUT2D eigenvalue weighted by Gasteiger charge is -2.27. The minimum atomic E-state index is -3.36. The molecule has 0 rings (SSSR count). The van der Waals surface area contributed by atoms with Gasteiger partial charge in [-0.1, -0.05) is 20.8 Å². The molecule has 6 heteroatoms. The molecular weight excluding hydrogens is 226 g/mol. The van der Waals surface area contributed by atoms with Crippen molar-refractivity contribution in [2.45, 2.75) is 46.1 Å². The number of sulfonamides is 1. The highest BCUT2D eigenvalue weighted by atomic mass is 32.2. The van der Waals surface area contributed by atoms with Gasteiger partial charge in [-0.3, -0.25) is 5.41 Å². The summed E-state index contributed by atoms with van der Waals surface area (Å²) in [5.74, 6) is 0.262. The molecule has 0 aliphatic rings. The molecule has 5 nitrogen and oxygen atoms in total. The van der Waals surface area contributed by atoms with Gasteiger partial charge in [0.2, 0.25) is 10.0 Å². The molecule has 1 unspecified atom stereocenters. The highest BCUT2D eigenvalue weighted by Gasteiger charge is 2.30. The number of nitrogens with two attached hydrogens (primary N) is 1. The van der Waals surface area contributed by atoms with E-state index in [9.17, 15) is 8.42 Å². The van der Waals surface area contributed by atoms with Crippen LogP contribution in [0.25, 0.3) is 0 Å². The summed E-state index contributed by atoms with van der Waals surface area (Å²) in [5, 5.41) is 7.40. The zero-order valence-electron chi connectivity index (χ0n) is 10.5. The monoisotopic (exact) mass is 249 g/mol. The third-order valence-electron chi connectivity index (χ3n) is 2.65. The Bertz CT molecular complexity index is 338. The van der Waals surface area contributed by atoms with Gasteiger partial charge in [-0.15, -0.1) is 0 Å². The second-order valence-electron chi connectivity index (χ2n) is 4.70. The lowest BCUT2D eigenvalue weighted by Crippen LogP contribution is -2.55. The molecule has 0 heterocycles. The van der Waals surface area contributed by atoms with Crippen molar-refractivity contribution < 1.29 is 8.42 Å². The second-order valence-corrected chi connectivity index (χ2v) is 6.54. The van der Waals surface area contributed by atoms with Crippen molar-refractivity contribution in [2.24, 2.45) is 11.7 Å². The van der Waals surface area contributed by atoms with E-state index >= 15 is 0 Å². The van der Waals surface area contributed by atoms with E-state index in [1.54, 1.807) is 13.8 Å². The van der Waals surface area contributed by atoms with E-state index in [0.717, 1.165) is 0 Å². The molecule has 0 radical (unpaired) electrons. The Hall–Kier alpha value is -0.620. The Morgan fingerprint density at radius 1 is 1.50 bits per heavy atom. The Labute approximate surface area is 98.4 Å². The molecule has 0 aromatic rings. The molecule has 0 amide bonds. The van der Waals surface area contributed by atoms with Crippen molar-refractivity contribution in [3.8, 4) is 0 Å². The third-order valence-corrected chi connectivity index (χ3v) is 4.18. The zero-order valence-corrected chi connectivity index (χ0v) is 11.3. The fourth-order valence-corrected chi connectivity index (χ4v) is 2.93. The van der Waals surface area contributed by atoms with Gasteiger partial charge in [0.1, 0.15) is 5.84 Å². The normalized spacial score (nSPS) is 16.1. The van der Waals surface area contributed by atoms with E-state index in [1.807, 2.05) is 13.8 Å². The summed E-state index contributed by atoms with van der Waals surface area (Å²) in [6, 6.07) is 0. The van der Waals surface area contributed by atoms with Crippen LogP contribution in [0.2, 0.25) is 0 Å². The van der Waals surface area contributed by atoms with E-state index in [2.05, 4.69) is 4.72 Å². The quantitative estimate of drug-likeness (QED) is 0.465. The third kappa shape index (κ3) is 4.94. The lowest BCUT2D eigenvalue weighted by molar-refractivity contribution is 0.499. The Morgan fingerprint density at radius 2 is 2.00 bits per heavy atom. The van der Waals surface area contributed by atoms with E-state index in [0.29, 0.717) is 18.8 Å². The van der Waals surface area contributed by atoms with Crippen LogP contribution in [0.4, 0.5) is 0 Å². The minimum absolute atomic E-state index is 0.0769. The van der Waals surface area contributed by atoms with E-state index in [-0.39, 0.29) is 11.6 Å². The highest BCUT2D eigenvalue weighted by Crippen LogP contribution is 2.12. The van der Waals surface area contributed by atoms with Crippen LogP contribution in [0.3, 0.4) is 0 Å². The van der Waals surface area contributed by atoms with Gasteiger partial charge in [0.25, 0.3) is 0 Å². The number of nitrogens with one attached hydrogen (secondary N) is 2. The van der Waals surface area contributed by atoms with Gasteiger partial charge in [0.15, 0.2) is 0 Å². The first-order valence-corrected chi connectivity index (χ1v) is 7.14. The molecule has 0 fully saturated rings. The maximum atomic E-state index is 11.8. The number of amidine groups is 1. The largest absolute Gasteiger partial charge is 0.386 e. The van der Waals surface area contributed by atoms with E-state index < -0.39 is 15.6 Å². The summed E-state index contributed by atoms with van der Waals surface area (Å²) in [6.45, 7) is 7.37. The van der Waals surface area contributed by atoms with Crippen LogP contribution >= 0.6 is 0 Å². The first-order valence-electron chi connectivity index (χ1n) is 5.49. The molecule has 0 aromatic heterocycles. The molecule has 0 saturated carbocycles. The second kappa shape index (κ2) is 5.63. The van der Waals surface area contributed by atoms with Gasteiger partial charge in [-0.25, -0.2) is 13.1 Å². The molecule has 0 bridgehead atoms. The lowest BCUT2D eigenvalue weighted by atomic mass is 10.00. The molecule has 0 aliphatic carbocycles. The first-order chi connectivity index (χ1) is 7.13. The van der Waals surface area contributed by atoms with Crippen molar-refractivity contribution >= 4 is 15.9 Å². The van der Waals surface area contributed by atoms with Gasteiger partial charge in [-0.2, -0.15) is 0 Å². The average Bonchev–Trinajstić information content (AvgIpc) is 2.14. The molecular formula is C10H23N3O2S. The summed E-state index contributed by atoms with van der Waals surface area (Å²) in [4.78, 5) is 0. The smallest absolute Gasteiger partial charge is 0.212 e. The molecule has 16 heavy (non-hydrogen) atoms. The van der Waals surface area contributed by atoms with E-state index in [4.69, 9.17) is 11.1 Å². The zero-order chi connectivity index (χ0) is 13.0. The van der Waals surface area contributed by atoms with Crippen LogP contribution in [-0.4, -0.2) is 25.5 Å². The van der Waals surface area contributed by atoms with Crippen LogP contribution in [0.5, 0.6) is 0 Å². The molecule has 0 aliphatic heterocycles. The first kappa shape index (κ1) is 15.4.